The molecule has 2 aromatic rings. The van der Waals surface area contributed by atoms with Gasteiger partial charge in [0.05, 0.1) is 18.0 Å². The van der Waals surface area contributed by atoms with Crippen LogP contribution >= 0.6 is 22.6 Å². The van der Waals surface area contributed by atoms with Gasteiger partial charge in [-0.3, -0.25) is 0 Å². The number of nitrogens with one attached hydrogen (secondary N) is 2. The minimum atomic E-state index is -0.590. The highest BCUT2D eigenvalue weighted by Gasteiger charge is 2.17. The highest BCUT2D eigenvalue weighted by molar-refractivity contribution is 14.1. The second kappa shape index (κ2) is 9.41. The van der Waals surface area contributed by atoms with E-state index in [1.54, 1.807) is 6.07 Å². The zero-order chi connectivity index (χ0) is 19.2. The largest absolute Gasteiger partial charge is 0.491 e. The molecule has 0 aliphatic carbocycles. The summed E-state index contributed by atoms with van der Waals surface area (Å²) in [6.45, 7) is 2.34. The monoisotopic (exact) mass is 487 g/mol. The Morgan fingerprint density at radius 1 is 1.19 bits per heavy atom. The van der Waals surface area contributed by atoms with Crippen molar-refractivity contribution in [3.63, 3.8) is 0 Å². The van der Waals surface area contributed by atoms with E-state index >= 15 is 0 Å². The van der Waals surface area contributed by atoms with E-state index < -0.39 is 11.6 Å². The number of ether oxygens (including phenoxy) is 1. The van der Waals surface area contributed by atoms with Crippen LogP contribution in [0.3, 0.4) is 0 Å². The lowest BCUT2D eigenvalue weighted by Crippen LogP contribution is -2.28. The number of piperidine rings is 1. The minimum absolute atomic E-state index is 0.0624. The van der Waals surface area contributed by atoms with Gasteiger partial charge in [-0.2, -0.15) is 0 Å². The number of hydrogen-bond donors (Lipinski definition) is 2. The van der Waals surface area contributed by atoms with Crippen molar-refractivity contribution in [2.45, 2.75) is 19.3 Å². The normalized spacial score (nSPS) is 14.8. The van der Waals surface area contributed by atoms with E-state index in [2.05, 4.69) is 15.8 Å². The van der Waals surface area contributed by atoms with Gasteiger partial charge >= 0.3 is 0 Å². The molecular weight excluding hydrogens is 467 g/mol. The van der Waals surface area contributed by atoms with Gasteiger partial charge in [-0.05, 0) is 90.3 Å². The van der Waals surface area contributed by atoms with Crippen LogP contribution in [0.5, 0.6) is 5.75 Å². The van der Waals surface area contributed by atoms with E-state index in [-0.39, 0.29) is 22.8 Å². The fourth-order valence-corrected chi connectivity index (χ4v) is 3.57. The third-order valence-corrected chi connectivity index (χ3v) is 5.24. The SMILES string of the molecule is O=Nc1c(Nc2ccc(I)cc2F)cc(F)cc1OCCC1CCNCC1. The molecule has 2 N–H and O–H groups in total. The van der Waals surface area contributed by atoms with Crippen molar-refractivity contribution in [2.24, 2.45) is 11.1 Å². The van der Waals surface area contributed by atoms with Crippen molar-refractivity contribution in [3.05, 3.63) is 50.4 Å². The predicted octanol–water partition coefficient (Wildman–Crippen LogP) is 5.48. The lowest BCUT2D eigenvalue weighted by molar-refractivity contribution is 0.252. The van der Waals surface area contributed by atoms with E-state index in [0.29, 0.717) is 12.5 Å². The second-order valence-corrected chi connectivity index (χ2v) is 7.72. The molecule has 1 aliphatic rings. The third kappa shape index (κ3) is 5.35. The van der Waals surface area contributed by atoms with Crippen molar-refractivity contribution in [1.82, 2.24) is 5.32 Å². The molecule has 0 bridgehead atoms. The molecule has 2 aromatic carbocycles. The number of nitroso groups, excluding NO2 is 1. The van der Waals surface area contributed by atoms with Gasteiger partial charge in [-0.15, -0.1) is 4.91 Å². The van der Waals surface area contributed by atoms with E-state index in [0.717, 1.165) is 48.1 Å². The Balaban J connectivity index is 1.75. The lowest BCUT2D eigenvalue weighted by Gasteiger charge is -2.22. The average molecular weight is 487 g/mol. The van der Waals surface area contributed by atoms with Crippen LogP contribution in [-0.4, -0.2) is 19.7 Å². The van der Waals surface area contributed by atoms with Crippen molar-refractivity contribution in [1.29, 1.82) is 0 Å². The Kier molecular flexibility index (Phi) is 6.95. The minimum Gasteiger partial charge on any atom is -0.491 e. The van der Waals surface area contributed by atoms with Gasteiger partial charge in [-0.1, -0.05) is 0 Å². The van der Waals surface area contributed by atoms with Gasteiger partial charge in [0.15, 0.2) is 11.4 Å². The molecule has 27 heavy (non-hydrogen) atoms. The summed E-state index contributed by atoms with van der Waals surface area (Å²) in [5.41, 5.74) is 0.133. The van der Waals surface area contributed by atoms with Crippen LogP contribution in [0, 0.1) is 26.0 Å². The molecule has 8 heteroatoms. The molecule has 0 aromatic heterocycles. The van der Waals surface area contributed by atoms with Crippen molar-refractivity contribution >= 4 is 39.7 Å². The first-order chi connectivity index (χ1) is 13.1. The first kappa shape index (κ1) is 19.9. The van der Waals surface area contributed by atoms with E-state index in [1.165, 1.54) is 12.1 Å². The first-order valence-electron chi connectivity index (χ1n) is 8.79. The van der Waals surface area contributed by atoms with Crippen LogP contribution in [0.4, 0.5) is 25.8 Å². The number of nitrogens with zero attached hydrogens (tertiary/aromatic N) is 1. The molecule has 1 aliphatic heterocycles. The van der Waals surface area contributed by atoms with Crippen LogP contribution in [0.25, 0.3) is 0 Å². The van der Waals surface area contributed by atoms with Gasteiger partial charge in [0, 0.05) is 9.64 Å². The molecule has 5 nitrogen and oxygen atoms in total. The van der Waals surface area contributed by atoms with E-state index in [1.807, 2.05) is 22.6 Å². The molecule has 0 atom stereocenters. The predicted molar refractivity (Wildman–Crippen MR) is 110 cm³/mol. The van der Waals surface area contributed by atoms with Crippen LogP contribution in [-0.2, 0) is 0 Å². The maximum Gasteiger partial charge on any atom is 0.173 e. The number of hydrogen-bond acceptors (Lipinski definition) is 5. The summed E-state index contributed by atoms with van der Waals surface area (Å²) in [7, 11) is 0. The summed E-state index contributed by atoms with van der Waals surface area (Å²) in [5.74, 6) is -0.484. The van der Waals surface area contributed by atoms with Gasteiger partial charge in [0.2, 0.25) is 0 Å². The van der Waals surface area contributed by atoms with Crippen molar-refractivity contribution in [2.75, 3.05) is 25.0 Å². The molecule has 144 valence electrons. The van der Waals surface area contributed by atoms with E-state index in [9.17, 15) is 13.7 Å². The Hall–Kier alpha value is -1.81. The molecule has 1 fully saturated rings. The molecule has 3 rings (SSSR count). The Morgan fingerprint density at radius 3 is 2.67 bits per heavy atom. The van der Waals surface area contributed by atoms with Crippen LogP contribution in [0.2, 0.25) is 0 Å². The molecule has 0 saturated carbocycles. The molecule has 1 saturated heterocycles. The summed E-state index contributed by atoms with van der Waals surface area (Å²) in [6.07, 6.45) is 2.97. The zero-order valence-electron chi connectivity index (χ0n) is 14.6. The van der Waals surface area contributed by atoms with Crippen molar-refractivity contribution in [3.8, 4) is 5.75 Å². The lowest BCUT2D eigenvalue weighted by atomic mass is 9.95. The standard InChI is InChI=1S/C19H20F2IN3O2/c20-13-9-17(24-16-2-1-14(22)11-15(16)21)19(25-26)18(10-13)27-8-5-12-3-6-23-7-4-12/h1-2,9-12,23-24H,3-8H2. The molecular formula is C19H20F2IN3O2. The summed E-state index contributed by atoms with van der Waals surface area (Å²) < 4.78 is 34.5. The van der Waals surface area contributed by atoms with Crippen LogP contribution in [0.1, 0.15) is 19.3 Å². The third-order valence-electron chi connectivity index (χ3n) is 4.57. The summed E-state index contributed by atoms with van der Waals surface area (Å²) in [4.78, 5) is 11.4. The van der Waals surface area contributed by atoms with E-state index in [4.69, 9.17) is 4.74 Å². The number of benzene rings is 2. The number of rotatable bonds is 7. The Labute approximate surface area is 170 Å². The maximum absolute atomic E-state index is 14.1. The Bertz CT molecular complexity index is 814. The molecule has 0 spiro atoms. The maximum atomic E-state index is 14.1. The van der Waals surface area contributed by atoms with Crippen molar-refractivity contribution < 1.29 is 13.5 Å². The molecule has 0 unspecified atom stereocenters. The number of halogens is 3. The molecule has 1 heterocycles. The number of anilines is 2. The zero-order valence-corrected chi connectivity index (χ0v) is 16.8. The molecule has 0 amide bonds. The van der Waals surface area contributed by atoms with Crippen LogP contribution < -0.4 is 15.4 Å². The quantitative estimate of drug-likeness (QED) is 0.401. The topological polar surface area (TPSA) is 62.7 Å². The van der Waals surface area contributed by atoms with Gasteiger partial charge in [0.25, 0.3) is 0 Å². The van der Waals surface area contributed by atoms with Gasteiger partial charge in [-0.25, -0.2) is 8.78 Å². The fourth-order valence-electron chi connectivity index (χ4n) is 3.12. The highest BCUT2D eigenvalue weighted by Crippen LogP contribution is 2.39. The van der Waals surface area contributed by atoms with Gasteiger partial charge in [0.1, 0.15) is 11.6 Å². The fraction of sp³-hybridized carbons (Fsp3) is 0.368. The van der Waals surface area contributed by atoms with Gasteiger partial charge < -0.3 is 15.4 Å². The molecule has 0 radical (unpaired) electrons. The first-order valence-corrected chi connectivity index (χ1v) is 9.87. The Morgan fingerprint density at radius 2 is 1.96 bits per heavy atom. The summed E-state index contributed by atoms with van der Waals surface area (Å²) in [5, 5.41) is 9.02. The summed E-state index contributed by atoms with van der Waals surface area (Å²) in [6, 6.07) is 6.80. The smallest absolute Gasteiger partial charge is 0.173 e. The second-order valence-electron chi connectivity index (χ2n) is 6.47. The van der Waals surface area contributed by atoms with Crippen LogP contribution in [0.15, 0.2) is 35.5 Å². The highest BCUT2D eigenvalue weighted by atomic mass is 127. The summed E-state index contributed by atoms with van der Waals surface area (Å²) >= 11 is 1.99. The average Bonchev–Trinajstić information content (AvgIpc) is 2.65.